The van der Waals surface area contributed by atoms with Crippen molar-refractivity contribution in [3.8, 4) is 17.6 Å². The minimum Gasteiger partial charge on any atom is -0.450 e. The number of nitrogens with zero attached hydrogens (tertiary/aromatic N) is 2. The summed E-state index contributed by atoms with van der Waals surface area (Å²) >= 11 is 5.72. The summed E-state index contributed by atoms with van der Waals surface area (Å²) in [5.74, 6) is 0.865. The van der Waals surface area contributed by atoms with Crippen LogP contribution in [0.15, 0.2) is 42.5 Å². The summed E-state index contributed by atoms with van der Waals surface area (Å²) in [6, 6.07) is 12.9. The van der Waals surface area contributed by atoms with Crippen molar-refractivity contribution in [3.05, 3.63) is 63.7 Å². The van der Waals surface area contributed by atoms with E-state index in [1.807, 2.05) is 12.1 Å². The van der Waals surface area contributed by atoms with Gasteiger partial charge in [0.15, 0.2) is 0 Å². The van der Waals surface area contributed by atoms with Crippen LogP contribution < -0.4 is 4.74 Å². The predicted octanol–water partition coefficient (Wildman–Crippen LogP) is 4.00. The fourth-order valence-corrected chi connectivity index (χ4v) is 1.80. The van der Waals surface area contributed by atoms with Gasteiger partial charge in [0.1, 0.15) is 5.75 Å². The predicted molar refractivity (Wildman–Crippen MR) is 73.9 cm³/mol. The van der Waals surface area contributed by atoms with Crippen LogP contribution in [0.2, 0.25) is 0 Å². The Labute approximate surface area is 120 Å². The van der Waals surface area contributed by atoms with Gasteiger partial charge in [0.2, 0.25) is 5.75 Å². The van der Waals surface area contributed by atoms with Crippen LogP contribution in [0.5, 0.6) is 11.5 Å². The molecule has 2 aromatic carbocycles. The minimum absolute atomic E-state index is 0.0840. The highest BCUT2D eigenvalue weighted by molar-refractivity contribution is 6.17. The number of benzene rings is 2. The van der Waals surface area contributed by atoms with E-state index in [1.54, 1.807) is 18.2 Å². The van der Waals surface area contributed by atoms with E-state index in [2.05, 4.69) is 0 Å². The molecule has 20 heavy (non-hydrogen) atoms. The first kappa shape index (κ1) is 13.8. The number of rotatable bonds is 4. The lowest BCUT2D eigenvalue weighted by Crippen LogP contribution is -1.94. The number of nitro benzene ring substituents is 1. The van der Waals surface area contributed by atoms with E-state index in [9.17, 15) is 10.1 Å². The van der Waals surface area contributed by atoms with Gasteiger partial charge in [0.25, 0.3) is 0 Å². The maximum Gasteiger partial charge on any atom is 0.312 e. The molecule has 100 valence electrons. The molecule has 0 saturated carbocycles. The molecule has 0 atom stereocenters. The van der Waals surface area contributed by atoms with Crippen molar-refractivity contribution in [2.45, 2.75) is 5.88 Å². The van der Waals surface area contributed by atoms with Gasteiger partial charge >= 0.3 is 5.69 Å². The fraction of sp³-hybridized carbons (Fsp3) is 0.0714. The third kappa shape index (κ3) is 3.05. The summed E-state index contributed by atoms with van der Waals surface area (Å²) in [6.07, 6.45) is 0. The second-order valence-electron chi connectivity index (χ2n) is 3.93. The first-order valence-corrected chi connectivity index (χ1v) is 6.19. The average Bonchev–Trinajstić information content (AvgIpc) is 2.47. The summed E-state index contributed by atoms with van der Waals surface area (Å²) in [7, 11) is 0. The van der Waals surface area contributed by atoms with Crippen molar-refractivity contribution in [1.29, 1.82) is 5.26 Å². The number of ether oxygens (including phenoxy) is 1. The summed E-state index contributed by atoms with van der Waals surface area (Å²) in [6.45, 7) is 0. The molecule has 0 aromatic heterocycles. The third-order valence-electron chi connectivity index (χ3n) is 2.57. The van der Waals surface area contributed by atoms with E-state index in [1.165, 1.54) is 18.2 Å². The van der Waals surface area contributed by atoms with Crippen LogP contribution in [0.4, 0.5) is 5.69 Å². The summed E-state index contributed by atoms with van der Waals surface area (Å²) in [5, 5.41) is 19.8. The molecular formula is C14H9ClN2O3. The lowest BCUT2D eigenvalue weighted by atomic mass is 10.2. The van der Waals surface area contributed by atoms with Crippen molar-refractivity contribution in [1.82, 2.24) is 0 Å². The molecule has 0 saturated heterocycles. The zero-order valence-corrected chi connectivity index (χ0v) is 11.0. The molecule has 0 unspecified atom stereocenters. The van der Waals surface area contributed by atoms with Gasteiger partial charge in [-0.05, 0) is 29.8 Å². The molecule has 0 radical (unpaired) electrons. The number of alkyl halides is 1. The van der Waals surface area contributed by atoms with Crippen LogP contribution in [0.25, 0.3) is 0 Å². The Balaban J connectivity index is 2.37. The maximum absolute atomic E-state index is 11.0. The minimum atomic E-state index is -0.582. The zero-order chi connectivity index (χ0) is 14.5. The molecular weight excluding hydrogens is 280 g/mol. The quantitative estimate of drug-likeness (QED) is 0.484. The molecule has 0 aliphatic rings. The summed E-state index contributed by atoms with van der Waals surface area (Å²) in [5.41, 5.74) is 0.805. The van der Waals surface area contributed by atoms with Crippen LogP contribution in [-0.2, 0) is 5.88 Å². The maximum atomic E-state index is 11.0. The average molecular weight is 289 g/mol. The molecule has 0 spiro atoms. The third-order valence-corrected chi connectivity index (χ3v) is 2.87. The Morgan fingerprint density at radius 3 is 2.75 bits per heavy atom. The highest BCUT2D eigenvalue weighted by Gasteiger charge is 2.16. The molecule has 0 heterocycles. The van der Waals surface area contributed by atoms with Gasteiger partial charge in [-0.15, -0.1) is 11.6 Å². The van der Waals surface area contributed by atoms with E-state index >= 15 is 0 Å². The Bertz CT molecular complexity index is 695. The molecule has 0 amide bonds. The molecule has 0 aliphatic carbocycles. The first-order chi connectivity index (χ1) is 9.63. The molecule has 0 bridgehead atoms. The van der Waals surface area contributed by atoms with E-state index in [0.717, 1.165) is 5.56 Å². The van der Waals surface area contributed by atoms with E-state index in [-0.39, 0.29) is 17.0 Å². The molecule has 0 aliphatic heterocycles. The normalized spacial score (nSPS) is 9.80. The van der Waals surface area contributed by atoms with Gasteiger partial charge in [0.05, 0.1) is 16.6 Å². The standard InChI is InChI=1S/C14H9ClN2O3/c15-8-10-2-1-3-12(6-10)20-14-5-4-11(9-16)7-13(14)17(18)19/h1-7H,8H2. The van der Waals surface area contributed by atoms with Crippen molar-refractivity contribution in [2.24, 2.45) is 0 Å². The van der Waals surface area contributed by atoms with Crippen LogP contribution in [0.1, 0.15) is 11.1 Å². The van der Waals surface area contributed by atoms with Crippen LogP contribution in [-0.4, -0.2) is 4.92 Å². The zero-order valence-electron chi connectivity index (χ0n) is 10.2. The molecule has 0 fully saturated rings. The van der Waals surface area contributed by atoms with Crippen molar-refractivity contribution < 1.29 is 9.66 Å². The van der Waals surface area contributed by atoms with Gasteiger partial charge in [0, 0.05) is 11.9 Å². The highest BCUT2D eigenvalue weighted by Crippen LogP contribution is 2.32. The van der Waals surface area contributed by atoms with Gasteiger partial charge in [-0.3, -0.25) is 10.1 Å². The van der Waals surface area contributed by atoms with E-state index in [0.29, 0.717) is 11.6 Å². The second-order valence-corrected chi connectivity index (χ2v) is 4.20. The number of hydrogen-bond donors (Lipinski definition) is 0. The van der Waals surface area contributed by atoms with Crippen LogP contribution in [0.3, 0.4) is 0 Å². The number of nitriles is 1. The SMILES string of the molecule is N#Cc1ccc(Oc2cccc(CCl)c2)c([N+](=O)[O-])c1. The van der Waals surface area contributed by atoms with Crippen LogP contribution >= 0.6 is 11.6 Å². The monoisotopic (exact) mass is 288 g/mol. The first-order valence-electron chi connectivity index (χ1n) is 5.65. The van der Waals surface area contributed by atoms with Crippen molar-refractivity contribution in [2.75, 3.05) is 0 Å². The Kier molecular flexibility index (Phi) is 4.18. The van der Waals surface area contributed by atoms with Crippen molar-refractivity contribution >= 4 is 17.3 Å². The van der Waals surface area contributed by atoms with Crippen LogP contribution in [0, 0.1) is 21.4 Å². The van der Waals surface area contributed by atoms with Gasteiger partial charge in [-0.1, -0.05) is 12.1 Å². The molecule has 0 N–H and O–H groups in total. The van der Waals surface area contributed by atoms with E-state index < -0.39 is 4.92 Å². The Morgan fingerprint density at radius 1 is 1.30 bits per heavy atom. The molecule has 5 nitrogen and oxygen atoms in total. The largest absolute Gasteiger partial charge is 0.450 e. The smallest absolute Gasteiger partial charge is 0.312 e. The number of nitro groups is 1. The lowest BCUT2D eigenvalue weighted by molar-refractivity contribution is -0.385. The Morgan fingerprint density at radius 2 is 2.10 bits per heavy atom. The molecule has 2 rings (SSSR count). The summed E-state index contributed by atoms with van der Waals surface area (Å²) < 4.78 is 5.50. The highest BCUT2D eigenvalue weighted by atomic mass is 35.5. The van der Waals surface area contributed by atoms with Gasteiger partial charge < -0.3 is 4.74 Å². The Hall–Kier alpha value is -2.58. The second kappa shape index (κ2) is 6.04. The lowest BCUT2D eigenvalue weighted by Gasteiger charge is -2.07. The number of halogens is 1. The number of hydrogen-bond acceptors (Lipinski definition) is 4. The van der Waals surface area contributed by atoms with Crippen molar-refractivity contribution in [3.63, 3.8) is 0 Å². The molecule has 2 aromatic rings. The topological polar surface area (TPSA) is 76.2 Å². The molecule has 6 heteroatoms. The summed E-state index contributed by atoms with van der Waals surface area (Å²) in [4.78, 5) is 10.4. The van der Waals surface area contributed by atoms with Gasteiger partial charge in [-0.2, -0.15) is 5.26 Å². The van der Waals surface area contributed by atoms with E-state index in [4.69, 9.17) is 21.6 Å². The van der Waals surface area contributed by atoms with Gasteiger partial charge in [-0.25, -0.2) is 0 Å². The fourth-order valence-electron chi connectivity index (χ4n) is 1.63.